The molecule has 1 saturated heterocycles. The van der Waals surface area contributed by atoms with Gasteiger partial charge in [0.05, 0.1) is 0 Å². The molecule has 1 atom stereocenters. The van der Waals surface area contributed by atoms with Gasteiger partial charge in [0.1, 0.15) is 0 Å². The predicted molar refractivity (Wildman–Crippen MR) is 103 cm³/mol. The normalized spacial score (nSPS) is 16.1. The van der Waals surface area contributed by atoms with Crippen LogP contribution in [0.15, 0.2) is 55.1 Å². The van der Waals surface area contributed by atoms with E-state index >= 15 is 0 Å². The molecule has 2 aromatic carbocycles. The molecule has 2 amide bonds. The van der Waals surface area contributed by atoms with Gasteiger partial charge in [-0.3, -0.25) is 9.59 Å². The van der Waals surface area contributed by atoms with Crippen molar-refractivity contribution in [1.29, 1.82) is 0 Å². The first kappa shape index (κ1) is 19.7. The van der Waals surface area contributed by atoms with E-state index < -0.39 is 11.6 Å². The molecule has 1 heterocycles. The summed E-state index contributed by atoms with van der Waals surface area (Å²) in [5.41, 5.74) is 1.69. The highest BCUT2D eigenvalue weighted by Crippen LogP contribution is 2.25. The van der Waals surface area contributed by atoms with Crippen molar-refractivity contribution in [1.82, 2.24) is 10.2 Å². The zero-order chi connectivity index (χ0) is 20.1. The number of nitrogens with zero attached hydrogens (tertiary/aromatic N) is 1. The van der Waals surface area contributed by atoms with Crippen LogP contribution >= 0.6 is 0 Å². The van der Waals surface area contributed by atoms with Gasteiger partial charge >= 0.3 is 0 Å². The SMILES string of the molecule is C=CC(=O)NCc1ccc(C(=O)N2CCCC2Cc2cccc(F)c2F)cc1. The second-order valence-electron chi connectivity index (χ2n) is 6.83. The lowest BCUT2D eigenvalue weighted by Crippen LogP contribution is -2.37. The molecule has 1 aliphatic heterocycles. The number of hydrogen-bond donors (Lipinski definition) is 1. The fraction of sp³-hybridized carbons (Fsp3) is 0.273. The maximum atomic E-state index is 14.0. The molecule has 0 bridgehead atoms. The van der Waals surface area contributed by atoms with Crippen LogP contribution in [0.2, 0.25) is 0 Å². The highest BCUT2D eigenvalue weighted by molar-refractivity contribution is 5.94. The summed E-state index contributed by atoms with van der Waals surface area (Å²) < 4.78 is 27.5. The summed E-state index contributed by atoms with van der Waals surface area (Å²) in [7, 11) is 0. The summed E-state index contributed by atoms with van der Waals surface area (Å²) in [6, 6.07) is 11.0. The summed E-state index contributed by atoms with van der Waals surface area (Å²) in [6.07, 6.45) is 3.08. The largest absolute Gasteiger partial charge is 0.348 e. The molecule has 0 saturated carbocycles. The molecule has 0 spiro atoms. The highest BCUT2D eigenvalue weighted by atomic mass is 19.2. The molecule has 146 valence electrons. The summed E-state index contributed by atoms with van der Waals surface area (Å²) in [5, 5.41) is 2.68. The van der Waals surface area contributed by atoms with Crippen molar-refractivity contribution >= 4 is 11.8 Å². The van der Waals surface area contributed by atoms with Crippen molar-refractivity contribution < 1.29 is 18.4 Å². The third-order valence-electron chi connectivity index (χ3n) is 4.98. The van der Waals surface area contributed by atoms with E-state index in [-0.39, 0.29) is 23.4 Å². The fourth-order valence-corrected chi connectivity index (χ4v) is 3.47. The Morgan fingerprint density at radius 1 is 1.18 bits per heavy atom. The van der Waals surface area contributed by atoms with Crippen LogP contribution in [0.4, 0.5) is 8.78 Å². The molecule has 1 fully saturated rings. The van der Waals surface area contributed by atoms with E-state index in [4.69, 9.17) is 0 Å². The van der Waals surface area contributed by atoms with Gasteiger partial charge in [0.25, 0.3) is 5.91 Å². The molecular formula is C22H22F2N2O2. The average Bonchev–Trinajstić information content (AvgIpc) is 3.17. The zero-order valence-corrected chi connectivity index (χ0v) is 15.5. The van der Waals surface area contributed by atoms with E-state index in [0.29, 0.717) is 25.1 Å². The Kier molecular flexibility index (Phi) is 6.19. The first-order chi connectivity index (χ1) is 13.5. The number of nitrogens with one attached hydrogen (secondary N) is 1. The van der Waals surface area contributed by atoms with E-state index in [1.165, 1.54) is 12.1 Å². The quantitative estimate of drug-likeness (QED) is 0.774. The van der Waals surface area contributed by atoms with Crippen LogP contribution in [0.25, 0.3) is 0 Å². The maximum absolute atomic E-state index is 14.0. The van der Waals surface area contributed by atoms with Crippen LogP contribution in [0, 0.1) is 11.6 Å². The Hall–Kier alpha value is -3.02. The van der Waals surface area contributed by atoms with Crippen molar-refractivity contribution in [2.75, 3.05) is 6.54 Å². The van der Waals surface area contributed by atoms with Gasteiger partial charge in [-0.05, 0) is 54.7 Å². The van der Waals surface area contributed by atoms with Crippen molar-refractivity contribution in [2.45, 2.75) is 31.8 Å². The number of likely N-dealkylation sites (tertiary alicyclic amines) is 1. The highest BCUT2D eigenvalue weighted by Gasteiger charge is 2.30. The predicted octanol–water partition coefficient (Wildman–Crippen LogP) is 3.61. The van der Waals surface area contributed by atoms with Crippen molar-refractivity contribution in [3.63, 3.8) is 0 Å². The number of carbonyl (C=O) groups is 2. The molecule has 3 rings (SSSR count). The van der Waals surface area contributed by atoms with Gasteiger partial charge in [-0.25, -0.2) is 8.78 Å². The number of hydrogen-bond acceptors (Lipinski definition) is 2. The first-order valence-electron chi connectivity index (χ1n) is 9.22. The lowest BCUT2D eigenvalue weighted by Gasteiger charge is -2.25. The lowest BCUT2D eigenvalue weighted by atomic mass is 10.0. The van der Waals surface area contributed by atoms with Crippen LogP contribution in [-0.2, 0) is 17.8 Å². The zero-order valence-electron chi connectivity index (χ0n) is 15.5. The molecule has 28 heavy (non-hydrogen) atoms. The van der Waals surface area contributed by atoms with Crippen LogP contribution in [0.5, 0.6) is 0 Å². The van der Waals surface area contributed by atoms with Gasteiger partial charge in [0.2, 0.25) is 5.91 Å². The number of benzene rings is 2. The van der Waals surface area contributed by atoms with E-state index in [0.717, 1.165) is 24.5 Å². The van der Waals surface area contributed by atoms with E-state index in [1.54, 1.807) is 35.2 Å². The third-order valence-corrected chi connectivity index (χ3v) is 4.98. The van der Waals surface area contributed by atoms with E-state index in [1.807, 2.05) is 0 Å². The van der Waals surface area contributed by atoms with Gasteiger partial charge in [0.15, 0.2) is 11.6 Å². The molecule has 0 aliphatic carbocycles. The smallest absolute Gasteiger partial charge is 0.254 e. The minimum Gasteiger partial charge on any atom is -0.348 e. The molecule has 0 aromatic heterocycles. The van der Waals surface area contributed by atoms with Crippen molar-refractivity contribution in [3.8, 4) is 0 Å². The van der Waals surface area contributed by atoms with Crippen LogP contribution in [0.3, 0.4) is 0 Å². The molecule has 4 nitrogen and oxygen atoms in total. The molecule has 2 aromatic rings. The van der Waals surface area contributed by atoms with E-state index in [9.17, 15) is 18.4 Å². The second-order valence-corrected chi connectivity index (χ2v) is 6.83. The van der Waals surface area contributed by atoms with Crippen LogP contribution < -0.4 is 5.32 Å². The molecule has 0 radical (unpaired) electrons. The molecule has 6 heteroatoms. The average molecular weight is 384 g/mol. The third kappa shape index (κ3) is 4.44. The van der Waals surface area contributed by atoms with Gasteiger partial charge in [-0.15, -0.1) is 0 Å². The fourth-order valence-electron chi connectivity index (χ4n) is 3.47. The van der Waals surface area contributed by atoms with Crippen LogP contribution in [0.1, 0.15) is 34.3 Å². The molecule has 1 N–H and O–H groups in total. The summed E-state index contributed by atoms with van der Waals surface area (Å²) >= 11 is 0. The lowest BCUT2D eigenvalue weighted by molar-refractivity contribution is -0.116. The standard InChI is InChI=1S/C22H22F2N2O2/c1-2-20(27)25-14-15-8-10-16(11-9-15)22(28)26-12-4-6-18(26)13-17-5-3-7-19(23)21(17)24/h2-3,5,7-11,18H,1,4,6,12-14H2,(H,25,27). The Bertz CT molecular complexity index is 881. The first-order valence-corrected chi connectivity index (χ1v) is 9.22. The molecular weight excluding hydrogens is 362 g/mol. The van der Waals surface area contributed by atoms with Crippen molar-refractivity contribution in [2.24, 2.45) is 0 Å². The number of amides is 2. The minimum absolute atomic E-state index is 0.124. The van der Waals surface area contributed by atoms with Gasteiger partial charge < -0.3 is 10.2 Å². The summed E-state index contributed by atoms with van der Waals surface area (Å²) in [6.45, 7) is 4.34. The number of rotatable bonds is 6. The van der Waals surface area contributed by atoms with Gasteiger partial charge in [-0.2, -0.15) is 0 Å². The monoisotopic (exact) mass is 384 g/mol. The number of carbonyl (C=O) groups excluding carboxylic acids is 2. The second kappa shape index (κ2) is 8.78. The maximum Gasteiger partial charge on any atom is 0.254 e. The molecule has 1 unspecified atom stereocenters. The summed E-state index contributed by atoms with van der Waals surface area (Å²) in [4.78, 5) is 25.9. The Labute approximate surface area is 162 Å². The number of halogens is 2. The topological polar surface area (TPSA) is 49.4 Å². The summed E-state index contributed by atoms with van der Waals surface area (Å²) in [5.74, 6) is -2.09. The van der Waals surface area contributed by atoms with Gasteiger partial charge in [0, 0.05) is 24.7 Å². The van der Waals surface area contributed by atoms with Gasteiger partial charge in [-0.1, -0.05) is 30.8 Å². The van der Waals surface area contributed by atoms with E-state index in [2.05, 4.69) is 11.9 Å². The van der Waals surface area contributed by atoms with Crippen LogP contribution in [-0.4, -0.2) is 29.3 Å². The Balaban J connectivity index is 1.68. The Morgan fingerprint density at radius 3 is 2.64 bits per heavy atom. The van der Waals surface area contributed by atoms with Crippen molar-refractivity contribution in [3.05, 3.63) is 83.4 Å². The molecule has 1 aliphatic rings. The Morgan fingerprint density at radius 2 is 1.93 bits per heavy atom. The minimum atomic E-state index is -0.868.